The topological polar surface area (TPSA) is 129 Å². The Kier molecular flexibility index (Phi) is 6.23. The van der Waals surface area contributed by atoms with Crippen molar-refractivity contribution in [2.24, 2.45) is 0 Å². The fourth-order valence-corrected chi connectivity index (χ4v) is 2.69. The van der Waals surface area contributed by atoms with E-state index in [-0.39, 0.29) is 17.0 Å². The van der Waals surface area contributed by atoms with E-state index in [1.54, 1.807) is 6.07 Å². The molecule has 1 aromatic rings. The SMILES string of the molecule is COCCCC(NS(=O)(=O)c1ccc(C#N)nc1)C(=O)O. The van der Waals surface area contributed by atoms with Crippen LogP contribution in [0.15, 0.2) is 23.2 Å². The summed E-state index contributed by atoms with van der Waals surface area (Å²) in [7, 11) is -2.54. The van der Waals surface area contributed by atoms with E-state index in [2.05, 4.69) is 9.71 Å². The van der Waals surface area contributed by atoms with Gasteiger partial charge in [0.2, 0.25) is 10.0 Å². The Hall–Kier alpha value is -2.02. The minimum Gasteiger partial charge on any atom is -0.480 e. The van der Waals surface area contributed by atoms with Crippen LogP contribution >= 0.6 is 0 Å². The quantitative estimate of drug-likeness (QED) is 0.651. The number of carboxylic acids is 1. The summed E-state index contributed by atoms with van der Waals surface area (Å²) in [5.41, 5.74) is 0.0730. The first-order valence-corrected chi connectivity index (χ1v) is 7.49. The average Bonchev–Trinajstić information content (AvgIpc) is 2.46. The summed E-state index contributed by atoms with van der Waals surface area (Å²) in [6, 6.07) is 2.96. The molecule has 1 aromatic heterocycles. The molecule has 21 heavy (non-hydrogen) atoms. The van der Waals surface area contributed by atoms with E-state index in [0.717, 1.165) is 6.20 Å². The summed E-state index contributed by atoms with van der Waals surface area (Å²) in [5, 5.41) is 17.6. The largest absolute Gasteiger partial charge is 0.480 e. The van der Waals surface area contributed by atoms with Gasteiger partial charge in [0.15, 0.2) is 0 Å². The second-order valence-electron chi connectivity index (χ2n) is 4.14. The van der Waals surface area contributed by atoms with Crippen LogP contribution in [0.1, 0.15) is 18.5 Å². The lowest BCUT2D eigenvalue weighted by molar-refractivity contribution is -0.139. The first-order chi connectivity index (χ1) is 9.90. The Bertz CT molecular complexity index is 621. The molecule has 0 aromatic carbocycles. The van der Waals surface area contributed by atoms with Crippen LogP contribution in [0.2, 0.25) is 0 Å². The van der Waals surface area contributed by atoms with Crippen LogP contribution in [-0.2, 0) is 19.6 Å². The van der Waals surface area contributed by atoms with Crippen molar-refractivity contribution in [2.75, 3.05) is 13.7 Å². The minimum atomic E-state index is -4.01. The molecular formula is C12H15N3O5S. The molecule has 114 valence electrons. The fraction of sp³-hybridized carbons (Fsp3) is 0.417. The molecule has 8 nitrogen and oxygen atoms in total. The van der Waals surface area contributed by atoms with Crippen LogP contribution in [-0.4, -0.2) is 44.2 Å². The van der Waals surface area contributed by atoms with E-state index >= 15 is 0 Å². The first kappa shape index (κ1) is 17.0. The van der Waals surface area contributed by atoms with Crippen LogP contribution in [0.4, 0.5) is 0 Å². The number of hydrogen-bond donors (Lipinski definition) is 2. The highest BCUT2D eigenvalue weighted by Gasteiger charge is 2.25. The predicted octanol–water partition coefficient (Wildman–Crippen LogP) is 0.111. The molecule has 0 amide bonds. The number of rotatable bonds is 8. The number of nitriles is 1. The molecule has 0 radical (unpaired) electrons. The highest BCUT2D eigenvalue weighted by Crippen LogP contribution is 2.10. The fourth-order valence-electron chi connectivity index (χ4n) is 1.53. The Morgan fingerprint density at radius 1 is 1.57 bits per heavy atom. The smallest absolute Gasteiger partial charge is 0.321 e. The van der Waals surface area contributed by atoms with Crippen molar-refractivity contribution in [3.8, 4) is 6.07 Å². The molecule has 9 heteroatoms. The van der Waals surface area contributed by atoms with Gasteiger partial charge in [-0.25, -0.2) is 13.4 Å². The number of aliphatic carboxylic acids is 1. The first-order valence-electron chi connectivity index (χ1n) is 6.01. The molecule has 0 spiro atoms. The summed E-state index contributed by atoms with van der Waals surface area (Å²) in [5.74, 6) is -1.27. The maximum Gasteiger partial charge on any atom is 0.321 e. The van der Waals surface area contributed by atoms with E-state index in [1.165, 1.54) is 19.2 Å². The van der Waals surface area contributed by atoms with Gasteiger partial charge in [-0.05, 0) is 25.0 Å². The van der Waals surface area contributed by atoms with Crippen LogP contribution in [0.5, 0.6) is 0 Å². The summed E-state index contributed by atoms with van der Waals surface area (Å²) >= 11 is 0. The van der Waals surface area contributed by atoms with Crippen molar-refractivity contribution in [1.82, 2.24) is 9.71 Å². The predicted molar refractivity (Wildman–Crippen MR) is 71.8 cm³/mol. The van der Waals surface area contributed by atoms with Crippen molar-refractivity contribution in [3.63, 3.8) is 0 Å². The summed E-state index contributed by atoms with van der Waals surface area (Å²) in [6.07, 6.45) is 1.52. The van der Waals surface area contributed by atoms with E-state index < -0.39 is 22.0 Å². The molecule has 0 saturated carbocycles. The third-order valence-electron chi connectivity index (χ3n) is 2.60. The average molecular weight is 313 g/mol. The van der Waals surface area contributed by atoms with E-state index in [1.807, 2.05) is 0 Å². The van der Waals surface area contributed by atoms with Crippen molar-refractivity contribution in [1.29, 1.82) is 5.26 Å². The third kappa shape index (κ3) is 5.11. The second-order valence-corrected chi connectivity index (χ2v) is 5.85. The Balaban J connectivity index is 2.84. The van der Waals surface area contributed by atoms with Crippen LogP contribution < -0.4 is 4.72 Å². The van der Waals surface area contributed by atoms with E-state index in [9.17, 15) is 13.2 Å². The standard InChI is InChI=1S/C12H15N3O5S/c1-20-6-2-3-11(12(16)17)15-21(18,19)10-5-4-9(7-13)14-8-10/h4-5,8,11,15H,2-3,6H2,1H3,(H,16,17). The lowest BCUT2D eigenvalue weighted by atomic mass is 10.2. The Morgan fingerprint density at radius 2 is 2.29 bits per heavy atom. The molecule has 0 aliphatic carbocycles. The number of nitrogens with one attached hydrogen (secondary N) is 1. The van der Waals surface area contributed by atoms with Crippen molar-refractivity contribution >= 4 is 16.0 Å². The van der Waals surface area contributed by atoms with Crippen LogP contribution in [0.3, 0.4) is 0 Å². The van der Waals surface area contributed by atoms with Crippen LogP contribution in [0, 0.1) is 11.3 Å². The van der Waals surface area contributed by atoms with Crippen molar-refractivity contribution < 1.29 is 23.1 Å². The number of sulfonamides is 1. The molecule has 0 fully saturated rings. The molecule has 0 aliphatic heterocycles. The van der Waals surface area contributed by atoms with Gasteiger partial charge in [0, 0.05) is 19.9 Å². The normalized spacial score (nSPS) is 12.6. The zero-order chi connectivity index (χ0) is 15.9. The Labute approximate surface area is 122 Å². The molecule has 0 saturated heterocycles. The van der Waals surface area contributed by atoms with Crippen LogP contribution in [0.25, 0.3) is 0 Å². The zero-order valence-corrected chi connectivity index (χ0v) is 12.1. The van der Waals surface area contributed by atoms with Gasteiger partial charge >= 0.3 is 5.97 Å². The van der Waals surface area contributed by atoms with Gasteiger partial charge in [-0.3, -0.25) is 4.79 Å². The van der Waals surface area contributed by atoms with Gasteiger partial charge in [-0.15, -0.1) is 0 Å². The number of carboxylic acid groups (broad SMARTS) is 1. The zero-order valence-electron chi connectivity index (χ0n) is 11.3. The van der Waals surface area contributed by atoms with Gasteiger partial charge in [0.05, 0.1) is 0 Å². The number of pyridine rings is 1. The molecule has 2 N–H and O–H groups in total. The molecule has 1 heterocycles. The van der Waals surface area contributed by atoms with E-state index in [4.69, 9.17) is 15.1 Å². The summed E-state index contributed by atoms with van der Waals surface area (Å²) < 4.78 is 31.0. The van der Waals surface area contributed by atoms with Crippen molar-refractivity contribution in [2.45, 2.75) is 23.8 Å². The van der Waals surface area contributed by atoms with Gasteiger partial charge in [-0.1, -0.05) is 0 Å². The monoisotopic (exact) mass is 313 g/mol. The molecule has 1 unspecified atom stereocenters. The van der Waals surface area contributed by atoms with Gasteiger partial charge < -0.3 is 9.84 Å². The van der Waals surface area contributed by atoms with Gasteiger partial charge in [0.1, 0.15) is 22.7 Å². The lowest BCUT2D eigenvalue weighted by Gasteiger charge is -2.14. The van der Waals surface area contributed by atoms with Gasteiger partial charge in [0.25, 0.3) is 0 Å². The number of aromatic nitrogens is 1. The van der Waals surface area contributed by atoms with Crippen molar-refractivity contribution in [3.05, 3.63) is 24.0 Å². The van der Waals surface area contributed by atoms with Gasteiger partial charge in [-0.2, -0.15) is 9.98 Å². The summed E-state index contributed by atoms with van der Waals surface area (Å²) in [6.45, 7) is 0.337. The molecule has 1 rings (SSSR count). The molecule has 0 bridgehead atoms. The Morgan fingerprint density at radius 3 is 2.76 bits per heavy atom. The molecule has 1 atom stereocenters. The minimum absolute atomic E-state index is 0.0730. The maximum absolute atomic E-state index is 12.1. The number of methoxy groups -OCH3 is 1. The third-order valence-corrected chi connectivity index (χ3v) is 4.05. The second kappa shape index (κ2) is 7.68. The molecular weight excluding hydrogens is 298 g/mol. The number of ether oxygens (including phenoxy) is 1. The maximum atomic E-state index is 12.1. The lowest BCUT2D eigenvalue weighted by Crippen LogP contribution is -2.40. The molecule has 0 aliphatic rings. The summed E-state index contributed by atoms with van der Waals surface area (Å²) in [4.78, 5) is 14.5. The number of hydrogen-bond acceptors (Lipinski definition) is 6. The number of carbonyl (C=O) groups is 1. The highest BCUT2D eigenvalue weighted by atomic mass is 32.2. The highest BCUT2D eigenvalue weighted by molar-refractivity contribution is 7.89. The number of nitrogens with zero attached hydrogens (tertiary/aromatic N) is 2. The van der Waals surface area contributed by atoms with E-state index in [0.29, 0.717) is 13.0 Å².